The maximum absolute atomic E-state index is 13.1. The number of nitrogens with one attached hydrogen (secondary N) is 1. The maximum Gasteiger partial charge on any atom is 0.255 e. The van der Waals surface area contributed by atoms with Crippen molar-refractivity contribution in [1.29, 1.82) is 0 Å². The Morgan fingerprint density at radius 1 is 1.21 bits per heavy atom. The number of nitrogens with zero attached hydrogens (tertiary/aromatic N) is 2. The van der Waals surface area contributed by atoms with E-state index in [4.69, 9.17) is 16.3 Å². The third-order valence-corrected chi connectivity index (χ3v) is 5.97. The van der Waals surface area contributed by atoms with Crippen LogP contribution >= 0.6 is 0 Å². The first kappa shape index (κ1) is 16.9. The monoisotopic (exact) mass is 466 g/mol. The van der Waals surface area contributed by atoms with Gasteiger partial charge in [-0.3, -0.25) is 14.4 Å². The van der Waals surface area contributed by atoms with Crippen LogP contribution in [0.5, 0.6) is 5.75 Å². The molecule has 0 aromatic heterocycles. The first-order valence-electron chi connectivity index (χ1n) is 13.6. The minimum Gasteiger partial charge on any atom is -0.489 e. The van der Waals surface area contributed by atoms with Crippen LogP contribution < -0.4 is 10.1 Å². The summed E-state index contributed by atoms with van der Waals surface area (Å²) in [5, 5.41) is 2.69. The molecule has 0 aliphatic carbocycles. The highest BCUT2D eigenvalue weighted by Crippen LogP contribution is 2.34. The molecule has 8 nitrogen and oxygen atoms in total. The fourth-order valence-electron chi connectivity index (χ4n) is 4.18. The van der Waals surface area contributed by atoms with Crippen molar-refractivity contribution in [2.75, 3.05) is 19.8 Å². The van der Waals surface area contributed by atoms with Crippen molar-refractivity contribution in [3.63, 3.8) is 0 Å². The van der Waals surface area contributed by atoms with Crippen molar-refractivity contribution in [3.05, 3.63) is 76.9 Å². The molecule has 3 aliphatic rings. The van der Waals surface area contributed by atoms with Crippen LogP contribution in [0, 0.1) is 0 Å². The normalized spacial score (nSPS) is 23.9. The third-order valence-electron chi connectivity index (χ3n) is 5.97. The first-order chi connectivity index (χ1) is 18.5. The molecule has 2 fully saturated rings. The molecule has 3 aliphatic heterocycles. The first-order valence-corrected chi connectivity index (χ1v) is 11.0. The summed E-state index contributed by atoms with van der Waals surface area (Å²) in [5.41, 5.74) is 1.35. The molecule has 0 spiro atoms. The van der Waals surface area contributed by atoms with Gasteiger partial charge in [0.1, 0.15) is 25.0 Å². The fourth-order valence-corrected chi connectivity index (χ4v) is 4.18. The van der Waals surface area contributed by atoms with Gasteiger partial charge in [0.05, 0.1) is 20.0 Å². The Kier molecular flexibility index (Phi) is 4.62. The summed E-state index contributed by atoms with van der Waals surface area (Å²) in [6.45, 7) is 0.00349. The Labute approximate surface area is 205 Å². The second-order valence-electron chi connectivity index (χ2n) is 8.25. The van der Waals surface area contributed by atoms with Crippen molar-refractivity contribution in [2.45, 2.75) is 38.5 Å². The van der Waals surface area contributed by atoms with Crippen molar-refractivity contribution in [2.24, 2.45) is 0 Å². The summed E-state index contributed by atoms with van der Waals surface area (Å²) in [6, 6.07) is 6.01. The van der Waals surface area contributed by atoms with Gasteiger partial charge >= 0.3 is 0 Å². The fraction of sp³-hybridized carbons (Fsp3) is 0.346. The van der Waals surface area contributed by atoms with E-state index in [-0.39, 0.29) is 67.1 Å². The number of benzene rings is 2. The number of morpholine rings is 1. The SMILES string of the molecule is [2H]c1cc(C([2H])([2H])N2CCOCC2=O)c([2H])cc1C([2H])Oc1cccc2c1CN(C1CCC(=C)NC1=O)C2=O. The highest BCUT2D eigenvalue weighted by molar-refractivity contribution is 6.02. The predicted octanol–water partition coefficient (Wildman–Crippen LogP) is 2.37. The number of hydrogen-bond donors (Lipinski definition) is 1. The molecule has 0 radical (unpaired) electrons. The molecule has 5 rings (SSSR count). The molecular weight excluding hydrogens is 434 g/mol. The Morgan fingerprint density at radius 2 is 2.03 bits per heavy atom. The minimum absolute atomic E-state index is 0.0106. The molecule has 8 heteroatoms. The van der Waals surface area contributed by atoms with Gasteiger partial charge in [-0.15, -0.1) is 0 Å². The van der Waals surface area contributed by atoms with Crippen LogP contribution in [-0.2, 0) is 34.0 Å². The Morgan fingerprint density at radius 3 is 2.85 bits per heavy atom. The topological polar surface area (TPSA) is 88.2 Å². The lowest BCUT2D eigenvalue weighted by atomic mass is 10.0. The van der Waals surface area contributed by atoms with Gasteiger partial charge in [0, 0.05) is 29.9 Å². The van der Waals surface area contributed by atoms with E-state index in [1.54, 1.807) is 18.2 Å². The van der Waals surface area contributed by atoms with Crippen LogP contribution in [-0.4, -0.2) is 53.3 Å². The van der Waals surface area contributed by atoms with Gasteiger partial charge in [-0.25, -0.2) is 0 Å². The van der Waals surface area contributed by atoms with E-state index >= 15 is 0 Å². The van der Waals surface area contributed by atoms with Gasteiger partial charge in [-0.1, -0.05) is 36.9 Å². The summed E-state index contributed by atoms with van der Waals surface area (Å²) in [4.78, 5) is 40.3. The van der Waals surface area contributed by atoms with Crippen molar-refractivity contribution in [3.8, 4) is 5.75 Å². The van der Waals surface area contributed by atoms with Crippen LogP contribution in [0.15, 0.2) is 54.7 Å². The van der Waals surface area contributed by atoms with Crippen LogP contribution in [0.1, 0.15) is 46.7 Å². The standard InChI is InChI=1S/C26H27N3O5/c1-17-5-10-22(25(31)27-17)29-14-21-20(26(29)32)3-2-4-23(21)34-15-19-8-6-18(7-9-19)13-28-11-12-33-16-24(28)30/h2-4,6-9,22H,1,5,10-16H2,(H,27,31)/i6D,9D,13D2,15D. The molecule has 2 aromatic carbocycles. The quantitative estimate of drug-likeness (QED) is 0.706. The number of allylic oxidation sites excluding steroid dienone is 1. The number of rotatable bonds is 6. The zero-order chi connectivity index (χ0) is 28.1. The van der Waals surface area contributed by atoms with E-state index in [1.165, 1.54) is 11.0 Å². The Balaban J connectivity index is 1.38. The lowest BCUT2D eigenvalue weighted by Gasteiger charge is -2.31. The lowest BCUT2D eigenvalue weighted by molar-refractivity contribution is -0.143. The molecule has 1 N–H and O–H groups in total. The van der Waals surface area contributed by atoms with Crippen LogP contribution in [0.25, 0.3) is 0 Å². The van der Waals surface area contributed by atoms with Gasteiger partial charge in [-0.05, 0) is 36.1 Å². The molecule has 2 unspecified atom stereocenters. The van der Waals surface area contributed by atoms with Crippen molar-refractivity contribution < 1.29 is 30.7 Å². The Bertz CT molecular complexity index is 1380. The predicted molar refractivity (Wildman–Crippen MR) is 124 cm³/mol. The lowest BCUT2D eigenvalue weighted by Crippen LogP contribution is -2.49. The van der Waals surface area contributed by atoms with E-state index in [2.05, 4.69) is 11.9 Å². The average molecular weight is 467 g/mol. The third kappa shape index (κ3) is 4.41. The minimum atomic E-state index is -2.34. The van der Waals surface area contributed by atoms with Gasteiger partial charge in [0.25, 0.3) is 5.91 Å². The molecule has 2 atom stereocenters. The van der Waals surface area contributed by atoms with E-state index in [9.17, 15) is 14.4 Å². The molecule has 2 aromatic rings. The summed E-state index contributed by atoms with van der Waals surface area (Å²) in [7, 11) is 0. The van der Waals surface area contributed by atoms with Gasteiger partial charge in [0.15, 0.2) is 0 Å². The van der Waals surface area contributed by atoms with Crippen LogP contribution in [0.4, 0.5) is 0 Å². The van der Waals surface area contributed by atoms with Crippen molar-refractivity contribution in [1.82, 2.24) is 15.1 Å². The summed E-state index contributed by atoms with van der Waals surface area (Å²) >= 11 is 0. The van der Waals surface area contributed by atoms with E-state index < -0.39 is 25.0 Å². The molecule has 34 heavy (non-hydrogen) atoms. The number of carbonyl (C=O) groups is 3. The second kappa shape index (κ2) is 9.30. The number of amides is 3. The zero-order valence-electron chi connectivity index (χ0n) is 23.4. The van der Waals surface area contributed by atoms with Gasteiger partial charge < -0.3 is 24.6 Å². The van der Waals surface area contributed by atoms with E-state index in [0.29, 0.717) is 29.7 Å². The highest BCUT2D eigenvalue weighted by atomic mass is 16.5. The molecule has 3 amide bonds. The number of ether oxygens (including phenoxy) is 2. The molecule has 176 valence electrons. The summed E-state index contributed by atoms with van der Waals surface area (Å²) < 4.78 is 53.3. The molecule has 0 saturated carbocycles. The molecule has 2 saturated heterocycles. The maximum atomic E-state index is 13.1. The number of fused-ring (bicyclic) bond motifs is 1. The van der Waals surface area contributed by atoms with Crippen LogP contribution in [0.3, 0.4) is 0 Å². The largest absolute Gasteiger partial charge is 0.489 e. The number of hydrogen-bond acceptors (Lipinski definition) is 5. The van der Waals surface area contributed by atoms with Crippen LogP contribution in [0.2, 0.25) is 0 Å². The van der Waals surface area contributed by atoms with Crippen molar-refractivity contribution >= 4 is 17.7 Å². The zero-order valence-corrected chi connectivity index (χ0v) is 18.4. The van der Waals surface area contributed by atoms with E-state index in [0.717, 1.165) is 11.0 Å². The number of carbonyl (C=O) groups excluding carboxylic acids is 3. The molecular formula is C26H27N3O5. The smallest absolute Gasteiger partial charge is 0.255 e. The number of piperidine rings is 1. The molecule has 3 heterocycles. The summed E-state index contributed by atoms with van der Waals surface area (Å²) in [6.07, 6.45) is 1.01. The van der Waals surface area contributed by atoms with E-state index in [1.807, 2.05) is 0 Å². The van der Waals surface area contributed by atoms with Gasteiger partial charge in [0.2, 0.25) is 11.8 Å². The summed E-state index contributed by atoms with van der Waals surface area (Å²) in [5.74, 6) is -0.925. The Hall–Kier alpha value is -3.65. The van der Waals surface area contributed by atoms with Gasteiger partial charge in [-0.2, -0.15) is 0 Å². The average Bonchev–Trinajstić information content (AvgIpc) is 3.22. The highest BCUT2D eigenvalue weighted by Gasteiger charge is 2.39. The molecule has 0 bridgehead atoms. The second-order valence-corrected chi connectivity index (χ2v) is 8.25.